The molecular weight excluding hydrogens is 374 g/mol. The fraction of sp³-hybridized carbons (Fsp3) is 0.286. The second kappa shape index (κ2) is 8.64. The van der Waals surface area contributed by atoms with Crippen molar-refractivity contribution >= 4 is 29.2 Å². The van der Waals surface area contributed by atoms with Gasteiger partial charge < -0.3 is 25.8 Å². The number of piperidine rings is 1. The van der Waals surface area contributed by atoms with E-state index < -0.39 is 11.9 Å². The van der Waals surface area contributed by atoms with Crippen molar-refractivity contribution in [3.05, 3.63) is 53.6 Å². The molecule has 0 unspecified atom stereocenters. The number of hydrogen-bond acceptors (Lipinski definition) is 5. The number of methoxy groups -OCH3 is 1. The van der Waals surface area contributed by atoms with Gasteiger partial charge in [-0.1, -0.05) is 0 Å². The summed E-state index contributed by atoms with van der Waals surface area (Å²) in [5.74, 6) is -1.37. The molecule has 0 radical (unpaired) electrons. The lowest BCUT2D eigenvalue weighted by atomic mass is 9.95. The quantitative estimate of drug-likeness (QED) is 0.688. The molecule has 8 heteroatoms. The molecule has 2 aromatic carbocycles. The van der Waals surface area contributed by atoms with E-state index in [0.29, 0.717) is 37.2 Å². The molecule has 29 heavy (non-hydrogen) atoms. The molecule has 4 N–H and O–H groups in total. The molecule has 152 valence electrons. The Morgan fingerprint density at radius 2 is 1.76 bits per heavy atom. The summed E-state index contributed by atoms with van der Waals surface area (Å²) in [4.78, 5) is 37.6. The van der Waals surface area contributed by atoms with Gasteiger partial charge in [-0.2, -0.15) is 0 Å². The molecule has 2 amide bonds. The monoisotopic (exact) mass is 397 g/mol. The number of carboxylic acid groups (broad SMARTS) is 1. The Morgan fingerprint density at radius 3 is 2.31 bits per heavy atom. The van der Waals surface area contributed by atoms with Crippen molar-refractivity contribution < 1.29 is 24.2 Å². The minimum Gasteiger partial charge on any atom is -0.497 e. The number of aromatic carboxylic acids is 1. The van der Waals surface area contributed by atoms with Gasteiger partial charge in [0.25, 0.3) is 5.91 Å². The molecule has 0 spiro atoms. The van der Waals surface area contributed by atoms with Crippen LogP contribution >= 0.6 is 0 Å². The van der Waals surface area contributed by atoms with Crippen molar-refractivity contribution in [1.82, 2.24) is 0 Å². The lowest BCUT2D eigenvalue weighted by Crippen LogP contribution is -2.38. The second-order valence-electron chi connectivity index (χ2n) is 6.88. The highest BCUT2D eigenvalue weighted by atomic mass is 16.5. The molecule has 1 fully saturated rings. The van der Waals surface area contributed by atoms with Crippen molar-refractivity contribution in [3.63, 3.8) is 0 Å². The van der Waals surface area contributed by atoms with Crippen LogP contribution in [0.5, 0.6) is 5.75 Å². The van der Waals surface area contributed by atoms with Gasteiger partial charge in [-0.15, -0.1) is 0 Å². The number of carbonyl (C=O) groups is 3. The maximum Gasteiger partial charge on any atom is 0.337 e. The van der Waals surface area contributed by atoms with Crippen molar-refractivity contribution in [1.29, 1.82) is 0 Å². The van der Waals surface area contributed by atoms with Gasteiger partial charge in [-0.05, 0) is 55.3 Å². The summed E-state index contributed by atoms with van der Waals surface area (Å²) >= 11 is 0. The molecule has 0 aliphatic carbocycles. The van der Waals surface area contributed by atoms with Crippen LogP contribution < -0.4 is 20.7 Å². The maximum atomic E-state index is 12.5. The summed E-state index contributed by atoms with van der Waals surface area (Å²) < 4.78 is 5.07. The zero-order valence-electron chi connectivity index (χ0n) is 16.1. The van der Waals surface area contributed by atoms with E-state index in [1.165, 1.54) is 13.2 Å². The highest BCUT2D eigenvalue weighted by Crippen LogP contribution is 2.28. The number of nitrogens with zero attached hydrogens (tertiary/aromatic N) is 1. The van der Waals surface area contributed by atoms with E-state index in [0.717, 1.165) is 5.69 Å². The minimum absolute atomic E-state index is 0.00128. The summed E-state index contributed by atoms with van der Waals surface area (Å²) in [5, 5.41) is 12.3. The Hall–Kier alpha value is -3.55. The normalized spacial score (nSPS) is 14.3. The molecule has 1 aliphatic rings. The summed E-state index contributed by atoms with van der Waals surface area (Å²) in [7, 11) is 1.53. The van der Waals surface area contributed by atoms with E-state index in [-0.39, 0.29) is 23.1 Å². The lowest BCUT2D eigenvalue weighted by molar-refractivity contribution is -0.122. The molecule has 0 bridgehead atoms. The predicted octanol–water partition coefficient (Wildman–Crippen LogP) is 2.35. The van der Waals surface area contributed by atoms with Crippen molar-refractivity contribution in [2.75, 3.05) is 30.4 Å². The van der Waals surface area contributed by atoms with Crippen LogP contribution in [0.2, 0.25) is 0 Å². The highest BCUT2D eigenvalue weighted by molar-refractivity contribution is 6.08. The van der Waals surface area contributed by atoms with Crippen LogP contribution in [0.15, 0.2) is 42.5 Å². The van der Waals surface area contributed by atoms with Crippen molar-refractivity contribution in [2.45, 2.75) is 12.8 Å². The highest BCUT2D eigenvalue weighted by Gasteiger charge is 2.24. The minimum atomic E-state index is -1.14. The third kappa shape index (κ3) is 4.66. The van der Waals surface area contributed by atoms with E-state index in [1.807, 2.05) is 4.90 Å². The topological polar surface area (TPSA) is 122 Å². The summed E-state index contributed by atoms with van der Waals surface area (Å²) in [6.07, 6.45) is 1.27. The van der Waals surface area contributed by atoms with Crippen LogP contribution in [0, 0.1) is 5.92 Å². The van der Waals surface area contributed by atoms with Gasteiger partial charge in [-0.25, -0.2) is 4.79 Å². The van der Waals surface area contributed by atoms with E-state index in [4.69, 9.17) is 10.5 Å². The molecule has 2 aromatic rings. The molecule has 0 aromatic heterocycles. The Kier molecular flexibility index (Phi) is 6.01. The average molecular weight is 397 g/mol. The summed E-state index contributed by atoms with van der Waals surface area (Å²) in [6.45, 7) is 1.23. The number of nitrogens with two attached hydrogens (primary N) is 1. The van der Waals surface area contributed by atoms with Gasteiger partial charge in [0.2, 0.25) is 5.91 Å². The third-order valence-corrected chi connectivity index (χ3v) is 5.10. The maximum absolute atomic E-state index is 12.5. The van der Waals surface area contributed by atoms with Crippen LogP contribution in [-0.2, 0) is 4.79 Å². The molecule has 1 saturated heterocycles. The van der Waals surface area contributed by atoms with Crippen LogP contribution in [0.25, 0.3) is 0 Å². The van der Waals surface area contributed by atoms with Gasteiger partial charge in [0, 0.05) is 30.3 Å². The second-order valence-corrected chi connectivity index (χ2v) is 6.88. The number of carboxylic acids is 1. The molecule has 3 rings (SSSR count). The van der Waals surface area contributed by atoms with Crippen LogP contribution in [0.1, 0.15) is 33.6 Å². The van der Waals surface area contributed by atoms with Crippen LogP contribution in [0.4, 0.5) is 11.4 Å². The molecule has 1 aliphatic heterocycles. The first kappa shape index (κ1) is 20.2. The zero-order chi connectivity index (χ0) is 21.0. The van der Waals surface area contributed by atoms with Gasteiger partial charge >= 0.3 is 5.97 Å². The first-order chi connectivity index (χ1) is 13.9. The van der Waals surface area contributed by atoms with Crippen LogP contribution in [0.3, 0.4) is 0 Å². The largest absolute Gasteiger partial charge is 0.497 e. The van der Waals surface area contributed by atoms with E-state index >= 15 is 0 Å². The summed E-state index contributed by atoms with van der Waals surface area (Å²) in [6, 6.07) is 11.4. The van der Waals surface area contributed by atoms with Crippen molar-refractivity contribution in [3.8, 4) is 5.75 Å². The number of rotatable bonds is 6. The number of primary amides is 1. The first-order valence-corrected chi connectivity index (χ1v) is 9.26. The number of amides is 2. The molecule has 1 heterocycles. The number of anilines is 2. The average Bonchev–Trinajstić information content (AvgIpc) is 2.74. The Morgan fingerprint density at radius 1 is 1.10 bits per heavy atom. The van der Waals surface area contributed by atoms with E-state index in [9.17, 15) is 19.5 Å². The fourth-order valence-electron chi connectivity index (χ4n) is 3.37. The molecule has 0 saturated carbocycles. The summed E-state index contributed by atoms with van der Waals surface area (Å²) in [5.41, 5.74) is 6.70. The van der Waals surface area contributed by atoms with E-state index in [1.54, 1.807) is 36.4 Å². The predicted molar refractivity (Wildman–Crippen MR) is 108 cm³/mol. The number of carbonyl (C=O) groups excluding carboxylic acids is 2. The van der Waals surface area contributed by atoms with Crippen molar-refractivity contribution in [2.24, 2.45) is 11.7 Å². The molecule has 0 atom stereocenters. The molecular formula is C21H23N3O5. The van der Waals surface area contributed by atoms with Gasteiger partial charge in [0.15, 0.2) is 0 Å². The van der Waals surface area contributed by atoms with Gasteiger partial charge in [-0.3, -0.25) is 9.59 Å². The van der Waals surface area contributed by atoms with Gasteiger partial charge in [0.05, 0.1) is 18.4 Å². The first-order valence-electron chi connectivity index (χ1n) is 9.26. The van der Waals surface area contributed by atoms with Crippen LogP contribution in [-0.4, -0.2) is 43.1 Å². The fourth-order valence-corrected chi connectivity index (χ4v) is 3.37. The number of nitrogens with one attached hydrogen (secondary N) is 1. The van der Waals surface area contributed by atoms with Gasteiger partial charge in [0.1, 0.15) is 5.75 Å². The Labute approximate surface area is 168 Å². The third-order valence-electron chi connectivity index (χ3n) is 5.10. The number of benzene rings is 2. The Balaban J connectivity index is 1.76. The lowest BCUT2D eigenvalue weighted by Gasteiger charge is -2.32. The number of hydrogen-bond donors (Lipinski definition) is 3. The SMILES string of the molecule is COc1ccc(C(=O)Nc2ccc(N3CCC(C(N)=O)CC3)cc2C(=O)O)cc1. The standard InChI is InChI=1S/C21H23N3O5/c1-29-16-5-2-14(3-6-16)20(26)23-18-7-4-15(12-17(18)21(27)28)24-10-8-13(9-11-24)19(22)25/h2-7,12-13H,8-11H2,1H3,(H2,22,25)(H,23,26)(H,27,28). The van der Waals surface area contributed by atoms with E-state index in [2.05, 4.69) is 5.32 Å². The smallest absolute Gasteiger partial charge is 0.337 e. The Bertz CT molecular complexity index is 918. The number of ether oxygens (including phenoxy) is 1. The zero-order valence-corrected chi connectivity index (χ0v) is 16.1. The molecule has 8 nitrogen and oxygen atoms in total.